The van der Waals surface area contributed by atoms with Gasteiger partial charge in [0.15, 0.2) is 0 Å². The Bertz CT molecular complexity index is 214. The van der Waals surface area contributed by atoms with Crippen molar-refractivity contribution in [2.75, 3.05) is 26.4 Å². The number of hydrogen-bond acceptors (Lipinski definition) is 4. The summed E-state index contributed by atoms with van der Waals surface area (Å²) in [6.07, 6.45) is 15.8. The zero-order chi connectivity index (χ0) is 31.2. The van der Waals surface area contributed by atoms with Crippen molar-refractivity contribution in [3.8, 4) is 0 Å². The van der Waals surface area contributed by atoms with Crippen LogP contribution in [0.4, 0.5) is 0 Å². The maximum atomic E-state index is 7.62. The molecule has 0 spiro atoms. The van der Waals surface area contributed by atoms with Gasteiger partial charge in [-0.05, 0) is 62.3 Å². The van der Waals surface area contributed by atoms with Crippen LogP contribution in [0.2, 0.25) is 0 Å². The summed E-state index contributed by atoms with van der Waals surface area (Å²) >= 11 is 0. The molecular formula is C31H66O4. The minimum atomic E-state index is -0.125. The minimum absolute atomic E-state index is 0.125. The van der Waals surface area contributed by atoms with Gasteiger partial charge in [-0.2, -0.15) is 0 Å². The third-order valence-electron chi connectivity index (χ3n) is 0.200. The second-order valence-electron chi connectivity index (χ2n) is 4.57. The highest BCUT2D eigenvalue weighted by Gasteiger charge is 1.58. The van der Waals surface area contributed by atoms with Gasteiger partial charge in [0.05, 0.1) is 26.4 Å². The van der Waals surface area contributed by atoms with Gasteiger partial charge in [0.1, 0.15) is 0 Å². The molecule has 0 aromatic rings. The van der Waals surface area contributed by atoms with Gasteiger partial charge in [0.2, 0.25) is 0 Å². The molecule has 0 saturated heterocycles. The predicted molar refractivity (Wildman–Crippen MR) is 171 cm³/mol. The number of rotatable bonds is 2. The van der Waals surface area contributed by atoms with E-state index in [-0.39, 0.29) is 26.4 Å². The van der Waals surface area contributed by atoms with E-state index in [2.05, 4.69) is 59.2 Å². The van der Waals surface area contributed by atoms with Crippen LogP contribution in [0.25, 0.3) is 0 Å². The maximum absolute atomic E-state index is 7.62. The molecule has 4 heteroatoms. The summed E-state index contributed by atoms with van der Waals surface area (Å²) in [5.41, 5.74) is 0. The summed E-state index contributed by atoms with van der Waals surface area (Å²) in [4.78, 5) is 0. The molecule has 0 aromatic carbocycles. The van der Waals surface area contributed by atoms with E-state index in [1.165, 1.54) is 0 Å². The highest BCUT2D eigenvalue weighted by atomic mass is 16.3. The first-order valence-corrected chi connectivity index (χ1v) is 11.1. The lowest BCUT2D eigenvalue weighted by Crippen LogP contribution is -1.85. The molecule has 0 atom stereocenters. The van der Waals surface area contributed by atoms with Gasteiger partial charge < -0.3 is 20.4 Å². The van der Waals surface area contributed by atoms with E-state index in [1.807, 2.05) is 62.3 Å². The van der Waals surface area contributed by atoms with Crippen molar-refractivity contribution in [2.45, 2.75) is 62.3 Å². The number of aliphatic hydroxyl groups excluding tert-OH is 4. The zero-order valence-electron chi connectivity index (χ0n) is 25.2. The lowest BCUT2D eigenvalue weighted by atomic mass is 10.8. The van der Waals surface area contributed by atoms with E-state index in [0.717, 1.165) is 0 Å². The maximum Gasteiger partial charge on any atom is 0.0662 e. The van der Waals surface area contributed by atoms with Gasteiger partial charge in [0.25, 0.3) is 0 Å². The largest absolute Gasteiger partial charge is 0.394 e. The smallest absolute Gasteiger partial charge is 0.0662 e. The number of hydrogen-bond donors (Lipinski definition) is 4. The molecule has 35 heavy (non-hydrogen) atoms. The molecule has 4 N–H and O–H groups in total. The molecule has 0 amide bonds. The topological polar surface area (TPSA) is 80.9 Å². The van der Waals surface area contributed by atoms with Crippen molar-refractivity contribution >= 4 is 0 Å². The molecule has 0 heterocycles. The second kappa shape index (κ2) is 266. The summed E-state index contributed by atoms with van der Waals surface area (Å²) in [6, 6.07) is 0. The van der Waals surface area contributed by atoms with Gasteiger partial charge in [-0.1, -0.05) is 54.7 Å². The Morgan fingerprint density at radius 2 is 0.314 bits per heavy atom. The molecular weight excluding hydrogens is 436 g/mol. The van der Waals surface area contributed by atoms with E-state index in [4.69, 9.17) is 20.4 Å². The first-order chi connectivity index (χ1) is 16.6. The molecule has 0 radical (unpaired) electrons. The zero-order valence-corrected chi connectivity index (χ0v) is 25.2. The van der Waals surface area contributed by atoms with Crippen molar-refractivity contribution in [1.82, 2.24) is 0 Å². The summed E-state index contributed by atoms with van der Waals surface area (Å²) in [6.45, 7) is 46.8. The summed E-state index contributed by atoms with van der Waals surface area (Å²) in [7, 11) is 0. The lowest BCUT2D eigenvalue weighted by molar-refractivity contribution is 0.186. The summed E-state index contributed by atoms with van der Waals surface area (Å²) in [5.74, 6) is 0. The van der Waals surface area contributed by atoms with Crippen LogP contribution < -0.4 is 0 Å². The van der Waals surface area contributed by atoms with Crippen LogP contribution in [0.5, 0.6) is 0 Å². The van der Waals surface area contributed by atoms with Crippen LogP contribution >= 0.6 is 0 Å². The normalized spacial score (nSPS) is 5.06. The Hall–Kier alpha value is -2.50. The second-order valence-corrected chi connectivity index (χ2v) is 4.57. The van der Waals surface area contributed by atoms with Gasteiger partial charge in [-0.15, -0.1) is 59.2 Å². The van der Waals surface area contributed by atoms with Crippen molar-refractivity contribution in [3.63, 3.8) is 0 Å². The first-order valence-electron chi connectivity index (χ1n) is 11.1. The van der Waals surface area contributed by atoms with Gasteiger partial charge in [-0.25, -0.2) is 0 Å². The summed E-state index contributed by atoms with van der Waals surface area (Å²) < 4.78 is 0. The van der Waals surface area contributed by atoms with Crippen LogP contribution in [0.15, 0.2) is 114 Å². The van der Waals surface area contributed by atoms with Crippen LogP contribution in [0.3, 0.4) is 0 Å². The fourth-order valence-electron chi connectivity index (χ4n) is 0. The molecule has 0 aliphatic carbocycles. The third-order valence-corrected chi connectivity index (χ3v) is 0.200. The Balaban J connectivity index is -0.0000000202. The Kier molecular flexibility index (Phi) is 530. The molecule has 4 nitrogen and oxygen atoms in total. The molecule has 0 unspecified atom stereocenters. The molecule has 214 valence electrons. The molecule has 0 bridgehead atoms. The quantitative estimate of drug-likeness (QED) is 0.285. The first kappa shape index (κ1) is 69.8. The molecule has 0 aliphatic heterocycles. The van der Waals surface area contributed by atoms with E-state index >= 15 is 0 Å². The Morgan fingerprint density at radius 3 is 0.314 bits per heavy atom. The van der Waals surface area contributed by atoms with Crippen molar-refractivity contribution in [3.05, 3.63) is 114 Å². The number of aliphatic hydroxyl groups is 4. The van der Waals surface area contributed by atoms with Crippen molar-refractivity contribution < 1.29 is 20.4 Å². The fraction of sp³-hybridized carbons (Fsp3) is 0.419. The lowest BCUT2D eigenvalue weighted by Gasteiger charge is -1.70. The SMILES string of the molecule is C=CC.C=CC.C=CC.C=CC.C=CC.C=CC.C=CC.C=CC.C=CC.OCCO.OCCO. The molecule has 0 rings (SSSR count). The van der Waals surface area contributed by atoms with E-state index < -0.39 is 0 Å². The van der Waals surface area contributed by atoms with E-state index in [9.17, 15) is 0 Å². The van der Waals surface area contributed by atoms with E-state index in [1.54, 1.807) is 54.7 Å². The van der Waals surface area contributed by atoms with Gasteiger partial charge in [-0.3, -0.25) is 0 Å². The van der Waals surface area contributed by atoms with Crippen LogP contribution in [-0.2, 0) is 0 Å². The van der Waals surface area contributed by atoms with Crippen molar-refractivity contribution in [2.24, 2.45) is 0 Å². The summed E-state index contributed by atoms with van der Waals surface area (Å²) in [5, 5.41) is 30.5. The Labute approximate surface area is 223 Å². The van der Waals surface area contributed by atoms with E-state index in [0.29, 0.717) is 0 Å². The molecule has 0 aliphatic rings. The monoisotopic (exact) mass is 502 g/mol. The average molecular weight is 503 g/mol. The Morgan fingerprint density at radius 1 is 0.286 bits per heavy atom. The minimum Gasteiger partial charge on any atom is -0.394 e. The number of allylic oxidation sites excluding steroid dienone is 9. The van der Waals surface area contributed by atoms with Gasteiger partial charge in [0, 0.05) is 0 Å². The molecule has 0 saturated carbocycles. The predicted octanol–water partition coefficient (Wildman–Crippen LogP) is 8.67. The highest BCUT2D eigenvalue weighted by Crippen LogP contribution is 1.41. The third kappa shape index (κ3) is 110000. The standard InChI is InChI=1S/9C3H6.2C2H6O2/c9*1-3-2;2*3-1-2-4/h9*3H,1H2,2H3;2*3-4H,1-2H2. The molecule has 0 aromatic heterocycles. The van der Waals surface area contributed by atoms with Crippen LogP contribution in [0, 0.1) is 0 Å². The highest BCUT2D eigenvalue weighted by molar-refractivity contribution is 4.53. The van der Waals surface area contributed by atoms with Crippen molar-refractivity contribution in [1.29, 1.82) is 0 Å². The van der Waals surface area contributed by atoms with Crippen LogP contribution in [0.1, 0.15) is 62.3 Å². The van der Waals surface area contributed by atoms with Crippen LogP contribution in [-0.4, -0.2) is 46.9 Å². The molecule has 0 fully saturated rings. The average Bonchev–Trinajstić information content (AvgIpc) is 2.79. The van der Waals surface area contributed by atoms with Gasteiger partial charge >= 0.3 is 0 Å². The fourth-order valence-corrected chi connectivity index (χ4v) is 0.